The molecule has 1 aromatic heterocycles. The molecule has 0 N–H and O–H groups in total. The third-order valence-electron chi connectivity index (χ3n) is 9.67. The lowest BCUT2D eigenvalue weighted by atomic mass is 9.62. The van der Waals surface area contributed by atoms with Gasteiger partial charge in [0.05, 0.1) is 40.1 Å². The summed E-state index contributed by atoms with van der Waals surface area (Å²) >= 11 is 0. The molecule has 47 heavy (non-hydrogen) atoms. The molecule has 0 fully saturated rings. The summed E-state index contributed by atoms with van der Waals surface area (Å²) in [4.78, 5) is 6.40. The van der Waals surface area contributed by atoms with Crippen LogP contribution in [0.3, 0.4) is 0 Å². The first-order valence-corrected chi connectivity index (χ1v) is 15.9. The van der Waals surface area contributed by atoms with Crippen LogP contribution in [0, 0.1) is 6.57 Å². The molecule has 0 unspecified atom stereocenters. The molecular weight excluding hydrogens is 571 g/mol. The summed E-state index contributed by atoms with van der Waals surface area (Å²) in [6.45, 7) is 8.19. The Labute approximate surface area is 274 Å². The molecule has 2 heterocycles. The fourth-order valence-electron chi connectivity index (χ4n) is 7.80. The lowest BCUT2D eigenvalue weighted by Crippen LogP contribution is -2.37. The number of hydrogen-bond donors (Lipinski definition) is 0. The van der Waals surface area contributed by atoms with Crippen molar-refractivity contribution in [2.45, 2.75) is 5.41 Å². The molecule has 0 atom stereocenters. The van der Waals surface area contributed by atoms with Crippen molar-refractivity contribution in [3.8, 4) is 5.69 Å². The van der Waals surface area contributed by atoms with E-state index in [1.54, 1.807) is 0 Å². The number of nitrogens with zero attached hydrogens (tertiary/aromatic N) is 3. The molecule has 8 aromatic rings. The molecule has 0 spiro atoms. The molecule has 220 valence electrons. The van der Waals surface area contributed by atoms with Gasteiger partial charge in [-0.05, 0) is 58.7 Å². The average Bonchev–Trinajstić information content (AvgIpc) is 3.48. The normalized spacial score (nSPS) is 13.2. The zero-order chi connectivity index (χ0) is 31.4. The molecule has 0 amide bonds. The molecular formula is C44H29N3. The first kappa shape index (κ1) is 27.0. The minimum absolute atomic E-state index is 0.529. The van der Waals surface area contributed by atoms with Gasteiger partial charge in [-0.1, -0.05) is 140 Å². The monoisotopic (exact) mass is 599 g/mol. The van der Waals surface area contributed by atoms with E-state index in [0.717, 1.165) is 33.8 Å². The van der Waals surface area contributed by atoms with Gasteiger partial charge in [0.25, 0.3) is 0 Å². The highest BCUT2D eigenvalue weighted by Crippen LogP contribution is 2.57. The van der Waals surface area contributed by atoms with Gasteiger partial charge in [0, 0.05) is 16.5 Å². The third-order valence-corrected chi connectivity index (χ3v) is 9.67. The van der Waals surface area contributed by atoms with Crippen molar-refractivity contribution in [3.63, 3.8) is 0 Å². The smallest absolute Gasteiger partial charge is 0.210 e. The van der Waals surface area contributed by atoms with Crippen molar-refractivity contribution in [2.75, 3.05) is 4.90 Å². The lowest BCUT2D eigenvalue weighted by Gasteiger charge is -2.46. The van der Waals surface area contributed by atoms with Crippen molar-refractivity contribution < 1.29 is 0 Å². The molecule has 9 rings (SSSR count). The van der Waals surface area contributed by atoms with Crippen LogP contribution in [-0.4, -0.2) is 4.57 Å². The van der Waals surface area contributed by atoms with E-state index in [4.69, 9.17) is 6.57 Å². The molecule has 7 aromatic carbocycles. The van der Waals surface area contributed by atoms with Crippen LogP contribution < -0.4 is 4.90 Å². The van der Waals surface area contributed by atoms with Gasteiger partial charge in [-0.2, -0.15) is 0 Å². The van der Waals surface area contributed by atoms with Crippen LogP contribution in [0.25, 0.3) is 32.3 Å². The average molecular weight is 600 g/mol. The summed E-state index contributed by atoms with van der Waals surface area (Å²) in [5, 5.41) is 2.35. The maximum Gasteiger partial charge on any atom is 0.210 e. The van der Waals surface area contributed by atoms with Gasteiger partial charge >= 0.3 is 0 Å². The van der Waals surface area contributed by atoms with Gasteiger partial charge in [-0.3, -0.25) is 0 Å². The van der Waals surface area contributed by atoms with Crippen molar-refractivity contribution >= 4 is 44.6 Å². The zero-order valence-corrected chi connectivity index (χ0v) is 25.6. The van der Waals surface area contributed by atoms with Crippen LogP contribution in [-0.2, 0) is 5.41 Å². The summed E-state index contributed by atoms with van der Waals surface area (Å²) in [5.41, 5.74) is 11.2. The van der Waals surface area contributed by atoms with Gasteiger partial charge in [0.1, 0.15) is 0 Å². The Kier molecular flexibility index (Phi) is 6.10. The summed E-state index contributed by atoms with van der Waals surface area (Å²) in [7, 11) is 0. The maximum atomic E-state index is 8.19. The van der Waals surface area contributed by atoms with Crippen LogP contribution >= 0.6 is 0 Å². The van der Waals surface area contributed by atoms with E-state index in [1.807, 2.05) is 6.07 Å². The Morgan fingerprint density at radius 2 is 0.915 bits per heavy atom. The predicted octanol–water partition coefficient (Wildman–Crippen LogP) is 11.5. The fourth-order valence-corrected chi connectivity index (χ4v) is 7.80. The number of benzene rings is 7. The lowest BCUT2D eigenvalue weighted by molar-refractivity contribution is 0.731. The van der Waals surface area contributed by atoms with Gasteiger partial charge in [-0.15, -0.1) is 0 Å². The van der Waals surface area contributed by atoms with E-state index in [9.17, 15) is 0 Å². The second-order valence-corrected chi connectivity index (χ2v) is 12.0. The summed E-state index contributed by atoms with van der Waals surface area (Å²) in [6, 6.07) is 62.5. The topological polar surface area (TPSA) is 12.5 Å². The molecule has 0 bridgehead atoms. The predicted molar refractivity (Wildman–Crippen MR) is 194 cm³/mol. The molecule has 0 saturated heterocycles. The standard InChI is InChI=1S/C44H29N3/c1-45-38-29-28-33(30-43(38)47-39-24-12-8-20-34(39)35-21-9-13-25-40(35)47)46-41-26-14-10-22-36(41)44(31-16-4-2-5-17-31,32-18-6-3-7-19-32)37-23-11-15-27-42(37)46/h2-30H. The van der Waals surface area contributed by atoms with E-state index in [1.165, 1.54) is 33.0 Å². The van der Waals surface area contributed by atoms with Gasteiger partial charge in [0.15, 0.2) is 0 Å². The molecule has 0 aliphatic carbocycles. The van der Waals surface area contributed by atoms with Gasteiger partial charge < -0.3 is 9.47 Å². The van der Waals surface area contributed by atoms with Crippen molar-refractivity contribution in [1.29, 1.82) is 0 Å². The number of para-hydroxylation sites is 4. The van der Waals surface area contributed by atoms with E-state index in [2.05, 4.69) is 184 Å². The molecule has 1 aliphatic heterocycles. The van der Waals surface area contributed by atoms with E-state index in [0.29, 0.717) is 5.69 Å². The number of hydrogen-bond acceptors (Lipinski definition) is 1. The third kappa shape index (κ3) is 3.86. The van der Waals surface area contributed by atoms with Gasteiger partial charge in [-0.25, -0.2) is 4.85 Å². The zero-order valence-electron chi connectivity index (χ0n) is 25.6. The number of rotatable bonds is 4. The second-order valence-electron chi connectivity index (χ2n) is 12.0. The highest BCUT2D eigenvalue weighted by atomic mass is 15.2. The van der Waals surface area contributed by atoms with Crippen molar-refractivity contribution in [3.05, 3.63) is 210 Å². The Hall–Kier alpha value is -6.37. The summed E-state index contributed by atoms with van der Waals surface area (Å²) in [5.74, 6) is 0. The van der Waals surface area contributed by atoms with Crippen LogP contribution in [0.15, 0.2) is 176 Å². The minimum Gasteiger partial charge on any atom is -0.319 e. The molecule has 3 heteroatoms. The Morgan fingerprint density at radius 1 is 0.447 bits per heavy atom. The Morgan fingerprint density at radius 3 is 1.45 bits per heavy atom. The Balaban J connectivity index is 1.35. The van der Waals surface area contributed by atoms with E-state index < -0.39 is 5.41 Å². The van der Waals surface area contributed by atoms with Crippen LogP contribution in [0.2, 0.25) is 0 Å². The summed E-state index contributed by atoms with van der Waals surface area (Å²) < 4.78 is 2.25. The van der Waals surface area contributed by atoms with Crippen molar-refractivity contribution in [2.24, 2.45) is 0 Å². The van der Waals surface area contributed by atoms with E-state index in [-0.39, 0.29) is 0 Å². The van der Waals surface area contributed by atoms with Crippen LogP contribution in [0.5, 0.6) is 0 Å². The quantitative estimate of drug-likeness (QED) is 0.183. The van der Waals surface area contributed by atoms with Crippen molar-refractivity contribution in [1.82, 2.24) is 4.57 Å². The minimum atomic E-state index is -0.529. The summed E-state index contributed by atoms with van der Waals surface area (Å²) in [6.07, 6.45) is 0. The van der Waals surface area contributed by atoms with Crippen LogP contribution in [0.4, 0.5) is 22.7 Å². The van der Waals surface area contributed by atoms with E-state index >= 15 is 0 Å². The highest BCUT2D eigenvalue weighted by Gasteiger charge is 2.46. The fraction of sp³-hybridized carbons (Fsp3) is 0.0227. The molecule has 3 nitrogen and oxygen atoms in total. The highest BCUT2D eigenvalue weighted by molar-refractivity contribution is 6.09. The molecule has 0 radical (unpaired) electrons. The largest absolute Gasteiger partial charge is 0.319 e. The van der Waals surface area contributed by atoms with Gasteiger partial charge in [0.2, 0.25) is 5.69 Å². The SMILES string of the molecule is [C-]#[N+]c1ccc(N2c3ccccc3C(c3ccccc3)(c3ccccc3)c3ccccc32)cc1-n1c2ccccc2c2ccccc21. The van der Waals surface area contributed by atoms with Crippen LogP contribution in [0.1, 0.15) is 22.3 Å². The maximum absolute atomic E-state index is 8.19. The first-order chi connectivity index (χ1) is 23.3. The number of fused-ring (bicyclic) bond motifs is 5. The molecule has 1 aliphatic rings. The second kappa shape index (κ2) is 10.6. The Bertz CT molecular complexity index is 2340. The number of aromatic nitrogens is 1. The molecule has 0 saturated carbocycles. The first-order valence-electron chi connectivity index (χ1n) is 15.9. The number of anilines is 3.